The molecule has 2 heteroatoms. The Morgan fingerprint density at radius 3 is 1.38 bits per heavy atom. The molecule has 0 heterocycles. The average Bonchev–Trinajstić information content (AvgIpc) is 2.04. The summed E-state index contributed by atoms with van der Waals surface area (Å²) in [6.45, 7) is 12.3. The van der Waals surface area contributed by atoms with Gasteiger partial charge < -0.3 is 13.8 Å². The van der Waals surface area contributed by atoms with Crippen LogP contribution in [0.1, 0.15) is 46.0 Å². The Morgan fingerprint density at radius 2 is 1.15 bits per heavy atom. The van der Waals surface area contributed by atoms with E-state index in [1.807, 2.05) is 0 Å². The average molecular weight is 332 g/mol. The van der Waals surface area contributed by atoms with E-state index in [0.717, 1.165) is 24.7 Å². The summed E-state index contributed by atoms with van der Waals surface area (Å²) in [7, 11) is 0. The van der Waals surface area contributed by atoms with Crippen LogP contribution < -0.4 is 0 Å². The second-order valence-electron chi connectivity index (χ2n) is 3.72. The summed E-state index contributed by atoms with van der Waals surface area (Å²) in [6, 6.07) is 0. The van der Waals surface area contributed by atoms with Crippen LogP contribution in [-0.2, 0) is 65.4 Å². The van der Waals surface area contributed by atoms with Gasteiger partial charge in [0.1, 0.15) is 0 Å². The predicted molar refractivity (Wildman–Crippen MR) is 52.1 cm³/mol. The molecule has 2 unspecified atom stereocenters. The second kappa shape index (κ2) is 14.2. The van der Waals surface area contributed by atoms with Gasteiger partial charge in [0.2, 0.25) is 0 Å². The van der Waals surface area contributed by atoms with E-state index in [0.29, 0.717) is 0 Å². The molecule has 0 aliphatic carbocycles. The molecule has 0 nitrogen and oxygen atoms in total. The molecule has 74 valence electrons. The van der Waals surface area contributed by atoms with Gasteiger partial charge in [-0.3, -0.25) is 0 Å². The Hall–Kier alpha value is 2.21. The van der Waals surface area contributed by atoms with Crippen molar-refractivity contribution >= 4 is 0 Å². The maximum atomic E-state index is 3.89. The zero-order valence-corrected chi connectivity index (χ0v) is 14.9. The van der Waals surface area contributed by atoms with Crippen LogP contribution in [0.5, 0.6) is 0 Å². The Morgan fingerprint density at radius 1 is 0.846 bits per heavy atom. The van der Waals surface area contributed by atoms with Crippen LogP contribution >= 0.6 is 0 Å². The van der Waals surface area contributed by atoms with Gasteiger partial charge in [0.15, 0.2) is 0 Å². The second-order valence-corrected chi connectivity index (χ2v) is 3.72. The predicted octanol–water partition coefficient (Wildman–Crippen LogP) is 3.87. The molecule has 0 fully saturated rings. The first-order valence-electron chi connectivity index (χ1n) is 4.79. The van der Waals surface area contributed by atoms with Crippen molar-refractivity contribution in [3.63, 3.8) is 0 Å². The van der Waals surface area contributed by atoms with Crippen molar-refractivity contribution in [1.29, 1.82) is 0 Å². The molecule has 0 saturated carbocycles. The zero-order chi connectivity index (χ0) is 8.69. The first-order valence-corrected chi connectivity index (χ1v) is 4.79. The minimum absolute atomic E-state index is 0. The van der Waals surface area contributed by atoms with Crippen LogP contribution in [0, 0.1) is 25.7 Å². The quantitative estimate of drug-likeness (QED) is 0.648. The molecule has 0 aliphatic heterocycles. The maximum Gasteiger partial charge on any atom is 0 e. The molecule has 0 spiro atoms. The Kier molecular flexibility index (Phi) is 22.5. The summed E-state index contributed by atoms with van der Waals surface area (Å²) < 4.78 is 0. The SMILES string of the molecule is [CH2-]CC(C)CCCC(C)C[CH2-].[Y].[Y]. The van der Waals surface area contributed by atoms with Gasteiger partial charge in [0.25, 0.3) is 0 Å². The van der Waals surface area contributed by atoms with E-state index in [2.05, 4.69) is 27.7 Å². The largest absolute Gasteiger partial charge is 0.343 e. The summed E-state index contributed by atoms with van der Waals surface area (Å²) in [5.74, 6) is 1.62. The van der Waals surface area contributed by atoms with Gasteiger partial charge in [-0.15, -0.1) is 0 Å². The molecule has 2 radical (unpaired) electrons. The Labute approximate surface area is 135 Å². The summed E-state index contributed by atoms with van der Waals surface area (Å²) in [6.07, 6.45) is 6.20. The molecule has 0 aromatic rings. The van der Waals surface area contributed by atoms with E-state index in [1.54, 1.807) is 0 Å². The van der Waals surface area contributed by atoms with Crippen molar-refractivity contribution < 1.29 is 65.4 Å². The van der Waals surface area contributed by atoms with E-state index in [-0.39, 0.29) is 65.4 Å². The Bertz CT molecular complexity index is 74.2. The van der Waals surface area contributed by atoms with E-state index < -0.39 is 0 Å². The van der Waals surface area contributed by atoms with Crippen molar-refractivity contribution in [3.05, 3.63) is 13.8 Å². The third-order valence-electron chi connectivity index (χ3n) is 2.38. The first-order chi connectivity index (χ1) is 5.20. The van der Waals surface area contributed by atoms with Gasteiger partial charge in [0.05, 0.1) is 0 Å². The molecule has 0 aromatic carbocycles. The van der Waals surface area contributed by atoms with Crippen molar-refractivity contribution in [2.45, 2.75) is 46.0 Å². The van der Waals surface area contributed by atoms with Crippen molar-refractivity contribution in [2.75, 3.05) is 0 Å². The minimum Gasteiger partial charge on any atom is -0.343 e. The fourth-order valence-corrected chi connectivity index (χ4v) is 1.10. The summed E-state index contributed by atoms with van der Waals surface area (Å²) in [5.41, 5.74) is 0. The van der Waals surface area contributed by atoms with Crippen LogP contribution in [0.15, 0.2) is 0 Å². The normalized spacial score (nSPS) is 13.8. The molecule has 0 saturated heterocycles. The molecule has 0 aromatic heterocycles. The monoisotopic (exact) mass is 332 g/mol. The van der Waals surface area contributed by atoms with E-state index in [4.69, 9.17) is 0 Å². The fraction of sp³-hybridized carbons (Fsp3) is 0.818. The van der Waals surface area contributed by atoms with Crippen molar-refractivity contribution in [1.82, 2.24) is 0 Å². The molecule has 0 rings (SSSR count). The van der Waals surface area contributed by atoms with Crippen LogP contribution in [0.3, 0.4) is 0 Å². The molecule has 0 amide bonds. The van der Waals surface area contributed by atoms with Gasteiger partial charge in [0, 0.05) is 65.4 Å². The molecule has 0 aliphatic rings. The van der Waals surface area contributed by atoms with Gasteiger partial charge in [-0.2, -0.15) is 12.8 Å². The number of hydrogen-bond donors (Lipinski definition) is 0. The third-order valence-corrected chi connectivity index (χ3v) is 2.38. The smallest absolute Gasteiger partial charge is 0 e. The number of rotatable bonds is 6. The van der Waals surface area contributed by atoms with Gasteiger partial charge >= 0.3 is 0 Å². The molecular weight excluding hydrogens is 310 g/mol. The molecule has 0 bridgehead atoms. The topological polar surface area (TPSA) is 0 Å². The van der Waals surface area contributed by atoms with Crippen molar-refractivity contribution in [3.8, 4) is 0 Å². The summed E-state index contributed by atoms with van der Waals surface area (Å²) in [5, 5.41) is 0. The van der Waals surface area contributed by atoms with Gasteiger partial charge in [-0.1, -0.05) is 44.9 Å². The first kappa shape index (κ1) is 20.6. The zero-order valence-electron chi connectivity index (χ0n) is 9.26. The van der Waals surface area contributed by atoms with Gasteiger partial charge in [-0.05, 0) is 0 Å². The van der Waals surface area contributed by atoms with Crippen molar-refractivity contribution in [2.24, 2.45) is 11.8 Å². The van der Waals surface area contributed by atoms with Crippen LogP contribution in [0.2, 0.25) is 0 Å². The molecule has 0 N–H and O–H groups in total. The standard InChI is InChI=1S/C11H22.2Y/c1-5-10(3)8-7-9-11(4)6-2;;/h10-11H,1-2,5-9H2,3-4H3;;/q-2;;. The number of hydrogen-bond acceptors (Lipinski definition) is 0. The molecule has 2 atom stereocenters. The van der Waals surface area contributed by atoms with E-state index in [9.17, 15) is 0 Å². The third kappa shape index (κ3) is 14.2. The van der Waals surface area contributed by atoms with Crippen LogP contribution in [-0.4, -0.2) is 0 Å². The van der Waals surface area contributed by atoms with Crippen LogP contribution in [0.25, 0.3) is 0 Å². The molecule has 13 heavy (non-hydrogen) atoms. The Balaban J connectivity index is -0.000000500. The summed E-state index contributed by atoms with van der Waals surface area (Å²) in [4.78, 5) is 0. The molecular formula is C11H22Y2-2. The van der Waals surface area contributed by atoms with Crippen LogP contribution in [0.4, 0.5) is 0 Å². The van der Waals surface area contributed by atoms with Gasteiger partial charge in [-0.25, -0.2) is 0 Å². The summed E-state index contributed by atoms with van der Waals surface area (Å²) >= 11 is 0. The van der Waals surface area contributed by atoms with E-state index >= 15 is 0 Å². The van der Waals surface area contributed by atoms with E-state index in [1.165, 1.54) is 19.3 Å². The maximum absolute atomic E-state index is 3.89. The minimum atomic E-state index is 0. The fourth-order valence-electron chi connectivity index (χ4n) is 1.10.